The molecule has 1 aromatic rings. The first kappa shape index (κ1) is 14.6. The Labute approximate surface area is 108 Å². The highest BCUT2D eigenvalue weighted by atomic mass is 16.2. The van der Waals surface area contributed by atoms with E-state index in [0.29, 0.717) is 18.0 Å². The van der Waals surface area contributed by atoms with E-state index in [1.165, 1.54) is 0 Å². The summed E-state index contributed by atoms with van der Waals surface area (Å²) in [7, 11) is 2.03. The van der Waals surface area contributed by atoms with E-state index >= 15 is 0 Å². The summed E-state index contributed by atoms with van der Waals surface area (Å²) in [6.45, 7) is 6.01. The SMILES string of the molecule is CCC(C)CN(C)Cc1ncccc1C(=O)NN. The summed E-state index contributed by atoms with van der Waals surface area (Å²) in [6, 6.07) is 3.48. The Morgan fingerprint density at radius 3 is 2.94 bits per heavy atom. The van der Waals surface area contributed by atoms with E-state index < -0.39 is 0 Å². The standard InChI is InChI=1S/C13H22N4O/c1-4-10(2)8-17(3)9-12-11(13(18)16-14)6-5-7-15-12/h5-7,10H,4,8-9,14H2,1-3H3,(H,16,18). The van der Waals surface area contributed by atoms with Gasteiger partial charge < -0.3 is 4.90 Å². The van der Waals surface area contributed by atoms with Gasteiger partial charge in [-0.15, -0.1) is 0 Å². The van der Waals surface area contributed by atoms with Crippen molar-refractivity contribution >= 4 is 5.91 Å². The topological polar surface area (TPSA) is 71.2 Å². The van der Waals surface area contributed by atoms with Crippen molar-refractivity contribution in [2.75, 3.05) is 13.6 Å². The van der Waals surface area contributed by atoms with Gasteiger partial charge in [-0.25, -0.2) is 5.84 Å². The summed E-state index contributed by atoms with van der Waals surface area (Å²) >= 11 is 0. The number of nitrogens with two attached hydrogens (primary N) is 1. The molecule has 0 aromatic carbocycles. The van der Waals surface area contributed by atoms with Crippen LogP contribution in [0.4, 0.5) is 0 Å². The maximum Gasteiger partial charge on any atom is 0.267 e. The predicted molar refractivity (Wildman–Crippen MR) is 71.7 cm³/mol. The van der Waals surface area contributed by atoms with Gasteiger partial charge in [-0.3, -0.25) is 15.2 Å². The minimum absolute atomic E-state index is 0.296. The summed E-state index contributed by atoms with van der Waals surface area (Å²) in [6.07, 6.45) is 2.84. The molecule has 5 nitrogen and oxygen atoms in total. The molecule has 5 heteroatoms. The molecular formula is C13H22N4O. The third kappa shape index (κ3) is 4.09. The van der Waals surface area contributed by atoms with E-state index in [0.717, 1.165) is 18.7 Å². The second kappa shape index (κ2) is 7.08. The number of aromatic nitrogens is 1. The summed E-state index contributed by atoms with van der Waals surface area (Å²) in [5.41, 5.74) is 3.44. The number of hydrazine groups is 1. The zero-order valence-electron chi connectivity index (χ0n) is 11.3. The number of nitrogens with one attached hydrogen (secondary N) is 1. The Bertz CT molecular complexity index is 394. The lowest BCUT2D eigenvalue weighted by Gasteiger charge is -2.20. The molecule has 0 saturated heterocycles. The highest BCUT2D eigenvalue weighted by molar-refractivity contribution is 5.94. The van der Waals surface area contributed by atoms with Crippen LogP contribution in [0.3, 0.4) is 0 Å². The first-order valence-corrected chi connectivity index (χ1v) is 6.21. The molecule has 0 radical (unpaired) electrons. The molecule has 3 N–H and O–H groups in total. The summed E-state index contributed by atoms with van der Waals surface area (Å²) in [5, 5.41) is 0. The van der Waals surface area contributed by atoms with Crippen LogP contribution >= 0.6 is 0 Å². The fraction of sp³-hybridized carbons (Fsp3) is 0.538. The zero-order valence-corrected chi connectivity index (χ0v) is 11.3. The maximum absolute atomic E-state index is 11.6. The fourth-order valence-electron chi connectivity index (χ4n) is 1.83. The van der Waals surface area contributed by atoms with Gasteiger partial charge in [-0.05, 0) is 25.1 Å². The number of nitrogens with zero attached hydrogens (tertiary/aromatic N) is 2. The number of rotatable bonds is 6. The van der Waals surface area contributed by atoms with Crippen LogP contribution in [0.5, 0.6) is 0 Å². The molecule has 0 spiro atoms. The molecule has 1 amide bonds. The zero-order chi connectivity index (χ0) is 13.5. The van der Waals surface area contributed by atoms with E-state index in [-0.39, 0.29) is 5.91 Å². The molecule has 0 fully saturated rings. The number of nitrogen functional groups attached to an aromatic ring is 1. The predicted octanol–water partition coefficient (Wildman–Crippen LogP) is 1.16. The van der Waals surface area contributed by atoms with Gasteiger partial charge in [0.25, 0.3) is 5.91 Å². The average molecular weight is 250 g/mol. The van der Waals surface area contributed by atoms with Crippen molar-refractivity contribution in [3.8, 4) is 0 Å². The molecule has 0 aliphatic rings. The normalized spacial score (nSPS) is 12.5. The number of amides is 1. The second-order valence-electron chi connectivity index (χ2n) is 4.68. The van der Waals surface area contributed by atoms with Crippen LogP contribution in [0.2, 0.25) is 0 Å². The molecular weight excluding hydrogens is 228 g/mol. The molecule has 1 rings (SSSR count). The molecule has 18 heavy (non-hydrogen) atoms. The Kier molecular flexibility index (Phi) is 5.74. The lowest BCUT2D eigenvalue weighted by molar-refractivity contribution is 0.0951. The van der Waals surface area contributed by atoms with E-state index in [9.17, 15) is 4.79 Å². The van der Waals surface area contributed by atoms with Gasteiger partial charge in [0.1, 0.15) is 0 Å². The number of hydrogen-bond donors (Lipinski definition) is 2. The van der Waals surface area contributed by atoms with E-state index in [1.807, 2.05) is 7.05 Å². The molecule has 1 unspecified atom stereocenters. The Balaban J connectivity index is 2.74. The fourth-order valence-corrected chi connectivity index (χ4v) is 1.83. The van der Waals surface area contributed by atoms with Gasteiger partial charge in [0.2, 0.25) is 0 Å². The van der Waals surface area contributed by atoms with Gasteiger partial charge in [0.05, 0.1) is 11.3 Å². The number of carbonyl (C=O) groups is 1. The van der Waals surface area contributed by atoms with Crippen LogP contribution in [0.1, 0.15) is 36.3 Å². The molecule has 1 heterocycles. The first-order chi connectivity index (χ1) is 8.58. The smallest absolute Gasteiger partial charge is 0.267 e. The van der Waals surface area contributed by atoms with E-state index in [1.54, 1.807) is 18.3 Å². The average Bonchev–Trinajstić information content (AvgIpc) is 2.38. The van der Waals surface area contributed by atoms with Crippen LogP contribution < -0.4 is 11.3 Å². The Morgan fingerprint density at radius 2 is 2.33 bits per heavy atom. The van der Waals surface area contributed by atoms with E-state index in [4.69, 9.17) is 5.84 Å². The monoisotopic (exact) mass is 250 g/mol. The quantitative estimate of drug-likeness (QED) is 0.451. The van der Waals surface area contributed by atoms with Gasteiger partial charge in [0.15, 0.2) is 0 Å². The number of hydrogen-bond acceptors (Lipinski definition) is 4. The minimum Gasteiger partial charge on any atom is -0.300 e. The van der Waals surface area contributed by atoms with Crippen LogP contribution in [0.15, 0.2) is 18.3 Å². The summed E-state index contributed by atoms with van der Waals surface area (Å²) in [4.78, 5) is 18.0. The molecule has 0 bridgehead atoms. The van der Waals surface area contributed by atoms with Gasteiger partial charge >= 0.3 is 0 Å². The molecule has 100 valence electrons. The summed E-state index contributed by atoms with van der Waals surface area (Å²) in [5.74, 6) is 5.50. The molecule has 0 aliphatic heterocycles. The van der Waals surface area contributed by atoms with Crippen LogP contribution in [0, 0.1) is 5.92 Å². The van der Waals surface area contributed by atoms with Crippen LogP contribution in [0.25, 0.3) is 0 Å². The van der Waals surface area contributed by atoms with Crippen LogP contribution in [-0.4, -0.2) is 29.4 Å². The Morgan fingerprint density at radius 1 is 1.61 bits per heavy atom. The molecule has 0 aliphatic carbocycles. The van der Waals surface area contributed by atoms with Crippen molar-refractivity contribution in [3.63, 3.8) is 0 Å². The van der Waals surface area contributed by atoms with Crippen molar-refractivity contribution in [1.82, 2.24) is 15.3 Å². The minimum atomic E-state index is -0.296. The number of pyridine rings is 1. The van der Waals surface area contributed by atoms with Crippen LogP contribution in [-0.2, 0) is 6.54 Å². The Hall–Kier alpha value is -1.46. The van der Waals surface area contributed by atoms with Crippen molar-refractivity contribution < 1.29 is 4.79 Å². The number of carbonyl (C=O) groups excluding carboxylic acids is 1. The maximum atomic E-state index is 11.6. The largest absolute Gasteiger partial charge is 0.300 e. The second-order valence-corrected chi connectivity index (χ2v) is 4.68. The van der Waals surface area contributed by atoms with Crippen molar-refractivity contribution in [2.45, 2.75) is 26.8 Å². The van der Waals surface area contributed by atoms with Gasteiger partial charge in [-0.1, -0.05) is 20.3 Å². The van der Waals surface area contributed by atoms with E-state index in [2.05, 4.69) is 29.2 Å². The first-order valence-electron chi connectivity index (χ1n) is 6.21. The molecule has 1 aromatic heterocycles. The highest BCUT2D eigenvalue weighted by Gasteiger charge is 2.13. The third-order valence-electron chi connectivity index (χ3n) is 3.01. The van der Waals surface area contributed by atoms with Gasteiger partial charge in [0, 0.05) is 19.3 Å². The van der Waals surface area contributed by atoms with Crippen molar-refractivity contribution in [2.24, 2.45) is 11.8 Å². The summed E-state index contributed by atoms with van der Waals surface area (Å²) < 4.78 is 0. The van der Waals surface area contributed by atoms with Gasteiger partial charge in [-0.2, -0.15) is 0 Å². The third-order valence-corrected chi connectivity index (χ3v) is 3.01. The lowest BCUT2D eigenvalue weighted by atomic mass is 10.1. The lowest BCUT2D eigenvalue weighted by Crippen LogP contribution is -2.32. The molecule has 1 atom stereocenters. The molecule has 0 saturated carbocycles. The highest BCUT2D eigenvalue weighted by Crippen LogP contribution is 2.10. The van der Waals surface area contributed by atoms with Crippen molar-refractivity contribution in [1.29, 1.82) is 0 Å². The van der Waals surface area contributed by atoms with Crippen molar-refractivity contribution in [3.05, 3.63) is 29.6 Å².